The van der Waals surface area contributed by atoms with Gasteiger partial charge in [-0.15, -0.1) is 0 Å². The third-order valence-electron chi connectivity index (χ3n) is 9.94. The van der Waals surface area contributed by atoms with Crippen molar-refractivity contribution in [2.24, 2.45) is 0 Å². The van der Waals surface area contributed by atoms with Gasteiger partial charge in [0.05, 0.1) is 24.8 Å². The van der Waals surface area contributed by atoms with Gasteiger partial charge in [-0.1, -0.05) is 91.0 Å². The molecule has 2 amide bonds. The molecule has 9 nitrogen and oxygen atoms in total. The van der Waals surface area contributed by atoms with Gasteiger partial charge in [0.1, 0.15) is 17.3 Å². The number of hydrogen-bond donors (Lipinski definition) is 0. The summed E-state index contributed by atoms with van der Waals surface area (Å²) in [5.74, 6) is 0.618. The molecule has 1 aromatic heterocycles. The first kappa shape index (κ1) is 35.5. The summed E-state index contributed by atoms with van der Waals surface area (Å²) >= 11 is 0. The average molecular weight is 710 g/mol. The minimum absolute atomic E-state index is 0.0595. The van der Waals surface area contributed by atoms with Crippen LogP contribution in [0.25, 0.3) is 0 Å². The zero-order valence-electron chi connectivity index (χ0n) is 30.0. The number of furan rings is 1. The molecule has 0 bridgehead atoms. The van der Waals surface area contributed by atoms with E-state index in [1.165, 1.54) is 11.1 Å². The highest BCUT2D eigenvalue weighted by molar-refractivity contribution is 5.96. The Morgan fingerprint density at radius 2 is 1.40 bits per heavy atom. The van der Waals surface area contributed by atoms with Gasteiger partial charge < -0.3 is 23.7 Å². The lowest BCUT2D eigenvalue weighted by atomic mass is 9.83. The Labute approximate surface area is 310 Å². The van der Waals surface area contributed by atoms with E-state index in [1.54, 1.807) is 30.9 Å². The molecule has 53 heavy (non-hydrogen) atoms. The lowest BCUT2D eigenvalue weighted by Crippen LogP contribution is -2.49. The van der Waals surface area contributed by atoms with Crippen molar-refractivity contribution in [2.45, 2.75) is 38.8 Å². The van der Waals surface area contributed by atoms with Crippen LogP contribution in [0.5, 0.6) is 11.5 Å². The molecule has 1 unspecified atom stereocenters. The molecule has 2 aliphatic heterocycles. The van der Waals surface area contributed by atoms with Gasteiger partial charge in [0.2, 0.25) is 5.91 Å². The van der Waals surface area contributed by atoms with Crippen molar-refractivity contribution in [2.75, 3.05) is 32.8 Å². The van der Waals surface area contributed by atoms with Gasteiger partial charge in [0.15, 0.2) is 5.76 Å². The van der Waals surface area contributed by atoms with Gasteiger partial charge in [-0.2, -0.15) is 0 Å². The molecule has 1 saturated heterocycles. The monoisotopic (exact) mass is 709 g/mol. The lowest BCUT2D eigenvalue weighted by molar-refractivity contribution is -0.140. The van der Waals surface area contributed by atoms with Crippen molar-refractivity contribution < 1.29 is 28.3 Å². The van der Waals surface area contributed by atoms with Crippen LogP contribution in [-0.4, -0.2) is 65.3 Å². The van der Waals surface area contributed by atoms with E-state index in [-0.39, 0.29) is 43.2 Å². The number of piperazine rings is 1. The van der Waals surface area contributed by atoms with E-state index in [2.05, 4.69) is 53.4 Å². The van der Waals surface area contributed by atoms with Gasteiger partial charge in [-0.05, 0) is 66.9 Å². The van der Waals surface area contributed by atoms with Crippen LogP contribution in [0.2, 0.25) is 0 Å². The summed E-state index contributed by atoms with van der Waals surface area (Å²) in [5.41, 5.74) is 4.11. The molecule has 0 N–H and O–H groups in total. The normalized spacial score (nSPS) is 16.6. The van der Waals surface area contributed by atoms with Crippen LogP contribution in [0.1, 0.15) is 65.2 Å². The van der Waals surface area contributed by atoms with Crippen LogP contribution in [0.4, 0.5) is 0 Å². The molecule has 2 aliphatic rings. The Morgan fingerprint density at radius 1 is 0.774 bits per heavy atom. The highest BCUT2D eigenvalue weighted by Crippen LogP contribution is 2.39. The fourth-order valence-electron chi connectivity index (χ4n) is 7.34. The van der Waals surface area contributed by atoms with Crippen molar-refractivity contribution in [1.82, 2.24) is 14.7 Å². The number of esters is 1. The summed E-state index contributed by atoms with van der Waals surface area (Å²) in [6, 6.07) is 41.3. The molecule has 270 valence electrons. The van der Waals surface area contributed by atoms with Crippen molar-refractivity contribution in [3.63, 3.8) is 0 Å². The smallest absolute Gasteiger partial charge is 0.336 e. The SMILES string of the molecule is CCOC(=O)C1=C(C)N(Cc2ccc(C(=O)N3CCN(C(c4ccccc4)c4ccccc4)CC3)o2)C(=O)CC1c1cccc(Oc2ccccc2)c1. The highest BCUT2D eigenvalue weighted by atomic mass is 16.5. The molecular weight excluding hydrogens is 666 g/mol. The number of para-hydroxylation sites is 1. The van der Waals surface area contributed by atoms with E-state index in [0.29, 0.717) is 54.7 Å². The van der Waals surface area contributed by atoms with Crippen LogP contribution in [-0.2, 0) is 20.9 Å². The molecule has 0 radical (unpaired) electrons. The van der Waals surface area contributed by atoms with E-state index < -0.39 is 11.9 Å². The predicted octanol–water partition coefficient (Wildman–Crippen LogP) is 7.97. The van der Waals surface area contributed by atoms with E-state index in [9.17, 15) is 14.4 Å². The second-order valence-corrected chi connectivity index (χ2v) is 13.3. The zero-order valence-corrected chi connectivity index (χ0v) is 30.0. The summed E-state index contributed by atoms with van der Waals surface area (Å²) in [6.45, 7) is 6.32. The second kappa shape index (κ2) is 16.2. The van der Waals surface area contributed by atoms with Crippen LogP contribution in [0.15, 0.2) is 143 Å². The number of ether oxygens (including phenoxy) is 2. The Hall–Kier alpha value is -5.93. The largest absolute Gasteiger partial charge is 0.463 e. The molecule has 0 spiro atoms. The Balaban J connectivity index is 1.05. The van der Waals surface area contributed by atoms with E-state index in [1.807, 2.05) is 71.6 Å². The van der Waals surface area contributed by atoms with Gasteiger partial charge in [-0.3, -0.25) is 14.5 Å². The molecule has 1 atom stereocenters. The number of hydrogen-bond acceptors (Lipinski definition) is 7. The summed E-state index contributed by atoms with van der Waals surface area (Å²) in [7, 11) is 0. The van der Waals surface area contributed by atoms with Crippen LogP contribution in [0.3, 0.4) is 0 Å². The number of carbonyl (C=O) groups is 3. The predicted molar refractivity (Wildman–Crippen MR) is 201 cm³/mol. The Kier molecular flexibility index (Phi) is 10.8. The number of benzene rings is 4. The number of allylic oxidation sites excluding steroid dienone is 1. The molecule has 3 heterocycles. The molecule has 5 aromatic rings. The third-order valence-corrected chi connectivity index (χ3v) is 9.94. The van der Waals surface area contributed by atoms with Crippen molar-refractivity contribution >= 4 is 17.8 Å². The Morgan fingerprint density at radius 3 is 2.04 bits per heavy atom. The quantitative estimate of drug-likeness (QED) is 0.129. The standard InChI is InChI=1S/C44H43N3O6/c1-3-51-44(50)41-31(2)47(40(48)29-38(41)34-18-13-21-36(28-34)52-35-19-11-6-12-20-35)30-37-22-23-39(53-37)43(49)46-26-24-45(25-27-46)42(32-14-7-4-8-15-32)33-16-9-5-10-17-33/h4-23,28,38,42H,3,24-27,29-30H2,1-2H3. The first-order chi connectivity index (χ1) is 25.9. The molecule has 7 rings (SSSR count). The molecule has 4 aromatic carbocycles. The number of rotatable bonds is 11. The zero-order chi connectivity index (χ0) is 36.7. The van der Waals surface area contributed by atoms with Crippen molar-refractivity contribution in [1.29, 1.82) is 0 Å². The molecule has 0 aliphatic carbocycles. The lowest BCUT2D eigenvalue weighted by Gasteiger charge is -2.39. The average Bonchev–Trinajstić information content (AvgIpc) is 3.66. The first-order valence-electron chi connectivity index (χ1n) is 18.1. The molecule has 9 heteroatoms. The van der Waals surface area contributed by atoms with Gasteiger partial charge in [0, 0.05) is 44.2 Å². The fraction of sp³-hybridized carbons (Fsp3) is 0.250. The molecule has 1 fully saturated rings. The van der Waals surface area contributed by atoms with Crippen LogP contribution < -0.4 is 4.74 Å². The molecular formula is C44H43N3O6. The number of nitrogens with zero attached hydrogens (tertiary/aromatic N) is 3. The fourth-order valence-corrected chi connectivity index (χ4v) is 7.34. The van der Waals surface area contributed by atoms with Gasteiger partial charge in [0.25, 0.3) is 5.91 Å². The van der Waals surface area contributed by atoms with Gasteiger partial charge in [-0.25, -0.2) is 4.79 Å². The molecule has 0 saturated carbocycles. The summed E-state index contributed by atoms with van der Waals surface area (Å²) in [6.07, 6.45) is 0.0595. The Bertz CT molecular complexity index is 2030. The third kappa shape index (κ3) is 7.95. The minimum Gasteiger partial charge on any atom is -0.463 e. The van der Waals surface area contributed by atoms with Crippen molar-refractivity contribution in [3.8, 4) is 11.5 Å². The minimum atomic E-state index is -0.520. The number of amides is 2. The van der Waals surface area contributed by atoms with Crippen LogP contribution in [0, 0.1) is 0 Å². The maximum absolute atomic E-state index is 13.8. The van der Waals surface area contributed by atoms with E-state index >= 15 is 0 Å². The second-order valence-electron chi connectivity index (χ2n) is 13.3. The maximum atomic E-state index is 13.8. The van der Waals surface area contributed by atoms with E-state index in [4.69, 9.17) is 13.9 Å². The van der Waals surface area contributed by atoms with Gasteiger partial charge >= 0.3 is 5.97 Å². The van der Waals surface area contributed by atoms with Crippen LogP contribution >= 0.6 is 0 Å². The van der Waals surface area contributed by atoms with Crippen molar-refractivity contribution in [3.05, 3.63) is 167 Å². The maximum Gasteiger partial charge on any atom is 0.336 e. The summed E-state index contributed by atoms with van der Waals surface area (Å²) in [5, 5.41) is 0. The summed E-state index contributed by atoms with van der Waals surface area (Å²) < 4.78 is 17.6. The summed E-state index contributed by atoms with van der Waals surface area (Å²) in [4.78, 5) is 46.6. The van der Waals surface area contributed by atoms with E-state index in [0.717, 1.165) is 5.56 Å². The topological polar surface area (TPSA) is 92.5 Å². The first-order valence-corrected chi connectivity index (χ1v) is 18.1. The number of carbonyl (C=O) groups excluding carboxylic acids is 3. The highest BCUT2D eigenvalue weighted by Gasteiger charge is 2.38.